The summed E-state index contributed by atoms with van der Waals surface area (Å²) in [6.07, 6.45) is 12.9. The molecule has 1 aliphatic carbocycles. The fraction of sp³-hybridized carbons (Fsp3) is 0.500. The smallest absolute Gasteiger partial charge is 0.00890 e. The molecule has 0 amide bonds. The molecule has 1 aliphatic rings. The fourth-order valence-corrected chi connectivity index (χ4v) is 0.604. The Morgan fingerprint density at radius 2 is 1.25 bits per heavy atom. The molecule has 0 aliphatic heterocycles. The number of rotatable bonds is 0. The van der Waals surface area contributed by atoms with Crippen molar-refractivity contribution in [1.29, 1.82) is 0 Å². The second kappa shape index (κ2) is 6.12. The average Bonchev–Trinajstić information content (AvgIpc) is 1.96. The van der Waals surface area contributed by atoms with Crippen LogP contribution >= 0.6 is 0 Å². The first-order chi connectivity index (χ1) is 4.00. The monoisotopic (exact) mass is 106 g/mol. The standard InChI is InChI=1S/C6H8.C2H2/c1-2-4-6-5-3-1;1-2/h1-4H2;1-2H. The summed E-state index contributed by atoms with van der Waals surface area (Å²) in [6, 6.07) is 0. The van der Waals surface area contributed by atoms with Crippen LogP contribution in [0.4, 0.5) is 0 Å². The molecule has 0 saturated heterocycles. The van der Waals surface area contributed by atoms with Crippen LogP contribution in [0.15, 0.2) is 0 Å². The summed E-state index contributed by atoms with van der Waals surface area (Å²) >= 11 is 0. The molecule has 0 unspecified atom stereocenters. The molecular formula is C8H10. The number of terminal acetylenes is 1. The lowest BCUT2D eigenvalue weighted by Gasteiger charge is -1.92. The Hall–Kier alpha value is -0.880. The van der Waals surface area contributed by atoms with E-state index in [-0.39, 0.29) is 0 Å². The minimum absolute atomic E-state index is 1.14. The van der Waals surface area contributed by atoms with Crippen LogP contribution in [0, 0.1) is 24.7 Å². The second-order valence-electron chi connectivity index (χ2n) is 1.56. The van der Waals surface area contributed by atoms with Gasteiger partial charge in [0, 0.05) is 12.8 Å². The molecule has 0 radical (unpaired) electrons. The molecule has 0 bridgehead atoms. The van der Waals surface area contributed by atoms with Crippen molar-refractivity contribution < 1.29 is 0 Å². The zero-order valence-corrected chi connectivity index (χ0v) is 4.98. The van der Waals surface area contributed by atoms with E-state index >= 15 is 0 Å². The van der Waals surface area contributed by atoms with Crippen LogP contribution in [-0.4, -0.2) is 0 Å². The van der Waals surface area contributed by atoms with E-state index in [1.54, 1.807) is 0 Å². The van der Waals surface area contributed by atoms with Crippen molar-refractivity contribution in [1.82, 2.24) is 0 Å². The maximum absolute atomic E-state index is 4.00. The minimum atomic E-state index is 1.14. The van der Waals surface area contributed by atoms with E-state index in [9.17, 15) is 0 Å². The highest BCUT2D eigenvalue weighted by atomic mass is 13.9. The second-order valence-corrected chi connectivity index (χ2v) is 1.56. The van der Waals surface area contributed by atoms with Gasteiger partial charge in [-0.15, -0.1) is 24.7 Å². The highest BCUT2D eigenvalue weighted by Gasteiger charge is 1.86. The van der Waals surface area contributed by atoms with Crippen molar-refractivity contribution in [3.05, 3.63) is 0 Å². The molecule has 0 heteroatoms. The lowest BCUT2D eigenvalue weighted by Crippen LogP contribution is -1.77. The maximum Gasteiger partial charge on any atom is 0.00890 e. The van der Waals surface area contributed by atoms with Gasteiger partial charge in [-0.2, -0.15) is 0 Å². The van der Waals surface area contributed by atoms with Crippen LogP contribution in [0.25, 0.3) is 0 Å². The molecule has 0 fully saturated rings. The van der Waals surface area contributed by atoms with E-state index in [0.717, 1.165) is 12.8 Å². The predicted octanol–water partition coefficient (Wildman–Crippen LogP) is 1.81. The zero-order chi connectivity index (χ0) is 6.24. The van der Waals surface area contributed by atoms with Gasteiger partial charge in [0.1, 0.15) is 0 Å². The third-order valence-electron chi connectivity index (χ3n) is 0.979. The van der Waals surface area contributed by atoms with Crippen LogP contribution in [0.3, 0.4) is 0 Å². The largest absolute Gasteiger partial charge is 0.124 e. The SMILES string of the molecule is C#C.C1#CCCCC1. The first-order valence-corrected chi connectivity index (χ1v) is 2.79. The van der Waals surface area contributed by atoms with E-state index < -0.39 is 0 Å². The van der Waals surface area contributed by atoms with Gasteiger partial charge in [-0.3, -0.25) is 0 Å². The third kappa shape index (κ3) is 3.32. The molecule has 0 aromatic carbocycles. The molecule has 0 nitrogen and oxygen atoms in total. The number of hydrogen-bond acceptors (Lipinski definition) is 0. The maximum atomic E-state index is 4.00. The molecule has 0 spiro atoms. The Bertz CT molecular complexity index is 99.0. The third-order valence-corrected chi connectivity index (χ3v) is 0.979. The summed E-state index contributed by atoms with van der Waals surface area (Å²) in [5.74, 6) is 6.07. The fourth-order valence-electron chi connectivity index (χ4n) is 0.604. The van der Waals surface area contributed by atoms with Crippen LogP contribution in [-0.2, 0) is 0 Å². The molecule has 1 rings (SSSR count). The Balaban J connectivity index is 0.000000222. The van der Waals surface area contributed by atoms with Gasteiger partial charge in [-0.1, -0.05) is 0 Å². The summed E-state index contributed by atoms with van der Waals surface area (Å²) in [5, 5.41) is 0. The lowest BCUT2D eigenvalue weighted by atomic mass is 10.1. The van der Waals surface area contributed by atoms with E-state index in [1.807, 2.05) is 0 Å². The Morgan fingerprint density at radius 1 is 0.875 bits per heavy atom. The van der Waals surface area contributed by atoms with Gasteiger partial charge in [0.25, 0.3) is 0 Å². The van der Waals surface area contributed by atoms with Gasteiger partial charge < -0.3 is 0 Å². The van der Waals surface area contributed by atoms with E-state index in [1.165, 1.54) is 12.8 Å². The molecule has 0 atom stereocenters. The van der Waals surface area contributed by atoms with Gasteiger partial charge in [0.2, 0.25) is 0 Å². The van der Waals surface area contributed by atoms with E-state index in [0.29, 0.717) is 0 Å². The zero-order valence-electron chi connectivity index (χ0n) is 4.98. The summed E-state index contributed by atoms with van der Waals surface area (Å²) in [4.78, 5) is 0. The summed E-state index contributed by atoms with van der Waals surface area (Å²) < 4.78 is 0. The quantitative estimate of drug-likeness (QED) is 0.413. The Labute approximate surface area is 51.3 Å². The molecule has 42 valence electrons. The van der Waals surface area contributed by atoms with Gasteiger partial charge in [0.15, 0.2) is 0 Å². The normalized spacial score (nSPS) is 14.2. The van der Waals surface area contributed by atoms with Crippen LogP contribution in [0.2, 0.25) is 0 Å². The van der Waals surface area contributed by atoms with Gasteiger partial charge in [0.05, 0.1) is 0 Å². The highest BCUT2D eigenvalue weighted by molar-refractivity contribution is 5.01. The summed E-state index contributed by atoms with van der Waals surface area (Å²) in [6.45, 7) is 0. The molecule has 0 aromatic heterocycles. The van der Waals surface area contributed by atoms with Crippen LogP contribution < -0.4 is 0 Å². The van der Waals surface area contributed by atoms with Crippen LogP contribution in [0.1, 0.15) is 25.7 Å². The van der Waals surface area contributed by atoms with Gasteiger partial charge in [-0.05, 0) is 12.8 Å². The predicted molar refractivity (Wildman–Crippen MR) is 36.1 cm³/mol. The number of hydrogen-bond donors (Lipinski definition) is 0. The van der Waals surface area contributed by atoms with Crippen molar-refractivity contribution in [3.63, 3.8) is 0 Å². The van der Waals surface area contributed by atoms with Crippen molar-refractivity contribution in [3.8, 4) is 24.7 Å². The van der Waals surface area contributed by atoms with E-state index in [2.05, 4.69) is 24.7 Å². The molecule has 0 saturated carbocycles. The Kier molecular flexibility index (Phi) is 5.45. The first kappa shape index (κ1) is 7.12. The van der Waals surface area contributed by atoms with Crippen LogP contribution in [0.5, 0.6) is 0 Å². The van der Waals surface area contributed by atoms with Gasteiger partial charge >= 0.3 is 0 Å². The average molecular weight is 106 g/mol. The lowest BCUT2D eigenvalue weighted by molar-refractivity contribution is 0.763. The summed E-state index contributed by atoms with van der Waals surface area (Å²) in [7, 11) is 0. The van der Waals surface area contributed by atoms with Gasteiger partial charge in [-0.25, -0.2) is 0 Å². The highest BCUT2D eigenvalue weighted by Crippen LogP contribution is 2.01. The topological polar surface area (TPSA) is 0 Å². The molecule has 0 N–H and O–H groups in total. The van der Waals surface area contributed by atoms with E-state index in [4.69, 9.17) is 0 Å². The Morgan fingerprint density at radius 3 is 1.38 bits per heavy atom. The summed E-state index contributed by atoms with van der Waals surface area (Å²) in [5.41, 5.74) is 0. The first-order valence-electron chi connectivity index (χ1n) is 2.79. The molecule has 0 aromatic rings. The molecule has 8 heavy (non-hydrogen) atoms. The molecular weight excluding hydrogens is 96.1 g/mol. The van der Waals surface area contributed by atoms with Crippen molar-refractivity contribution in [2.45, 2.75) is 25.7 Å². The molecule has 0 heterocycles. The van der Waals surface area contributed by atoms with Crippen molar-refractivity contribution in [2.24, 2.45) is 0 Å². The van der Waals surface area contributed by atoms with Crippen molar-refractivity contribution in [2.75, 3.05) is 0 Å². The van der Waals surface area contributed by atoms with Crippen molar-refractivity contribution >= 4 is 0 Å². The minimum Gasteiger partial charge on any atom is -0.124 e.